The van der Waals surface area contributed by atoms with Gasteiger partial charge in [0.1, 0.15) is 0 Å². The van der Waals surface area contributed by atoms with Crippen molar-refractivity contribution in [2.45, 2.75) is 33.2 Å². The highest BCUT2D eigenvalue weighted by Gasteiger charge is 2.36. The Morgan fingerprint density at radius 1 is 1.15 bits per heavy atom. The monoisotopic (exact) mass is 206 g/mol. The van der Waals surface area contributed by atoms with Crippen molar-refractivity contribution in [3.63, 3.8) is 0 Å². The zero-order valence-electron chi connectivity index (χ0n) is 9.42. The molecule has 0 amide bonds. The molecule has 13 heavy (non-hydrogen) atoms. The van der Waals surface area contributed by atoms with E-state index in [9.17, 15) is 0 Å². The van der Waals surface area contributed by atoms with E-state index in [2.05, 4.69) is 13.8 Å². The third kappa shape index (κ3) is 4.22. The molecule has 1 unspecified atom stereocenters. The molecular formula is C9H22O3Si. The smallest absolute Gasteiger partial charge is 0.377 e. The van der Waals surface area contributed by atoms with Crippen LogP contribution >= 0.6 is 0 Å². The predicted octanol–water partition coefficient (Wildman–Crippen LogP) is 2.30. The Bertz CT molecular complexity index is 118. The Balaban J connectivity index is 3.95. The van der Waals surface area contributed by atoms with Crippen molar-refractivity contribution in [1.29, 1.82) is 0 Å². The van der Waals surface area contributed by atoms with Gasteiger partial charge in [-0.05, 0) is 5.92 Å². The lowest BCUT2D eigenvalue weighted by Gasteiger charge is -2.26. The third-order valence-corrected chi connectivity index (χ3v) is 5.06. The van der Waals surface area contributed by atoms with E-state index in [4.69, 9.17) is 13.3 Å². The Kier molecular flexibility index (Phi) is 6.58. The largest absolute Gasteiger partial charge is 0.500 e. The maximum Gasteiger partial charge on any atom is 0.500 e. The molecule has 0 spiro atoms. The average molecular weight is 206 g/mol. The summed E-state index contributed by atoms with van der Waals surface area (Å²) >= 11 is 0. The predicted molar refractivity (Wildman–Crippen MR) is 55.7 cm³/mol. The Morgan fingerprint density at radius 3 is 2.00 bits per heavy atom. The van der Waals surface area contributed by atoms with Crippen molar-refractivity contribution in [1.82, 2.24) is 0 Å². The quantitative estimate of drug-likeness (QED) is 0.598. The topological polar surface area (TPSA) is 27.7 Å². The Hall–Kier alpha value is 0.0969. The summed E-state index contributed by atoms with van der Waals surface area (Å²) in [5.41, 5.74) is 0. The second-order valence-electron chi connectivity index (χ2n) is 3.27. The average Bonchev–Trinajstić information content (AvgIpc) is 2.20. The molecule has 1 atom stereocenters. The van der Waals surface area contributed by atoms with Crippen LogP contribution in [-0.2, 0) is 13.3 Å². The molecule has 0 heterocycles. The summed E-state index contributed by atoms with van der Waals surface area (Å²) in [4.78, 5) is 0. The highest BCUT2D eigenvalue weighted by Crippen LogP contribution is 2.15. The van der Waals surface area contributed by atoms with Crippen LogP contribution in [0.1, 0.15) is 27.2 Å². The minimum absolute atomic E-state index is 0.573. The van der Waals surface area contributed by atoms with Gasteiger partial charge in [0.25, 0.3) is 0 Å². The number of hydrogen-bond acceptors (Lipinski definition) is 3. The summed E-state index contributed by atoms with van der Waals surface area (Å²) in [6, 6.07) is 0.830. The molecule has 0 bridgehead atoms. The van der Waals surface area contributed by atoms with Crippen LogP contribution in [0.4, 0.5) is 0 Å². The van der Waals surface area contributed by atoms with Gasteiger partial charge in [-0.15, -0.1) is 0 Å². The molecule has 3 nitrogen and oxygen atoms in total. The molecule has 0 aliphatic carbocycles. The van der Waals surface area contributed by atoms with Gasteiger partial charge in [-0.3, -0.25) is 0 Å². The Morgan fingerprint density at radius 2 is 1.69 bits per heavy atom. The van der Waals surface area contributed by atoms with E-state index in [0.29, 0.717) is 5.92 Å². The summed E-state index contributed by atoms with van der Waals surface area (Å²) < 4.78 is 16.4. The summed E-state index contributed by atoms with van der Waals surface area (Å²) in [5, 5.41) is 0. The first kappa shape index (κ1) is 13.1. The molecule has 80 valence electrons. The minimum atomic E-state index is -2.30. The fourth-order valence-electron chi connectivity index (χ4n) is 0.979. The van der Waals surface area contributed by atoms with E-state index in [0.717, 1.165) is 19.1 Å². The van der Waals surface area contributed by atoms with Crippen molar-refractivity contribution >= 4 is 8.80 Å². The molecule has 0 saturated carbocycles. The summed E-state index contributed by atoms with van der Waals surface area (Å²) in [7, 11) is 1.03. The van der Waals surface area contributed by atoms with Gasteiger partial charge < -0.3 is 13.3 Å². The maximum atomic E-state index is 5.72. The van der Waals surface area contributed by atoms with E-state index in [1.165, 1.54) is 0 Å². The summed E-state index contributed by atoms with van der Waals surface area (Å²) in [5.74, 6) is 0.573. The SMILES string of the molecule is CCC(C)CO[Si](CC)(OC)OC. The second-order valence-corrected chi connectivity index (χ2v) is 6.45. The van der Waals surface area contributed by atoms with Crippen molar-refractivity contribution in [3.8, 4) is 0 Å². The molecule has 0 aromatic carbocycles. The summed E-state index contributed by atoms with van der Waals surface area (Å²) in [6.45, 7) is 7.09. The van der Waals surface area contributed by atoms with Gasteiger partial charge in [-0.1, -0.05) is 27.2 Å². The zero-order valence-corrected chi connectivity index (χ0v) is 10.4. The van der Waals surface area contributed by atoms with Crippen LogP contribution in [-0.4, -0.2) is 29.6 Å². The first-order valence-electron chi connectivity index (χ1n) is 4.88. The van der Waals surface area contributed by atoms with Crippen molar-refractivity contribution in [3.05, 3.63) is 0 Å². The molecule has 0 aliphatic heterocycles. The molecule has 0 fully saturated rings. The van der Waals surface area contributed by atoms with Gasteiger partial charge >= 0.3 is 8.80 Å². The fourth-order valence-corrected chi connectivity index (χ4v) is 2.70. The van der Waals surface area contributed by atoms with E-state index in [-0.39, 0.29) is 0 Å². The molecule has 0 N–H and O–H groups in total. The van der Waals surface area contributed by atoms with Gasteiger partial charge in [0.15, 0.2) is 0 Å². The third-order valence-electron chi connectivity index (χ3n) is 2.34. The van der Waals surface area contributed by atoms with Gasteiger partial charge in [0, 0.05) is 26.9 Å². The number of hydrogen-bond donors (Lipinski definition) is 0. The first-order valence-corrected chi connectivity index (χ1v) is 6.81. The van der Waals surface area contributed by atoms with E-state index in [1.807, 2.05) is 6.92 Å². The molecule has 0 aromatic heterocycles. The van der Waals surface area contributed by atoms with Gasteiger partial charge in [-0.2, -0.15) is 0 Å². The second kappa shape index (κ2) is 6.54. The summed E-state index contributed by atoms with van der Waals surface area (Å²) in [6.07, 6.45) is 1.13. The van der Waals surface area contributed by atoms with Crippen LogP contribution in [0, 0.1) is 5.92 Å². The lowest BCUT2D eigenvalue weighted by molar-refractivity contribution is 0.0850. The molecule has 0 saturated heterocycles. The molecular weight excluding hydrogens is 184 g/mol. The van der Waals surface area contributed by atoms with Gasteiger partial charge in [0.05, 0.1) is 0 Å². The van der Waals surface area contributed by atoms with Crippen LogP contribution < -0.4 is 0 Å². The fraction of sp³-hybridized carbons (Fsp3) is 1.00. The standard InChI is InChI=1S/C9H22O3Si/c1-6-9(3)8-12-13(7-2,10-4)11-5/h9H,6-8H2,1-5H3. The van der Waals surface area contributed by atoms with E-state index >= 15 is 0 Å². The lowest BCUT2D eigenvalue weighted by Crippen LogP contribution is -2.44. The van der Waals surface area contributed by atoms with Crippen molar-refractivity contribution < 1.29 is 13.3 Å². The van der Waals surface area contributed by atoms with Gasteiger partial charge in [-0.25, -0.2) is 0 Å². The van der Waals surface area contributed by atoms with Crippen molar-refractivity contribution in [2.75, 3.05) is 20.8 Å². The normalized spacial score (nSPS) is 14.5. The molecule has 0 radical (unpaired) electrons. The van der Waals surface area contributed by atoms with Crippen LogP contribution in [0.3, 0.4) is 0 Å². The zero-order chi connectivity index (χ0) is 10.3. The molecule has 0 aromatic rings. The van der Waals surface area contributed by atoms with Crippen molar-refractivity contribution in [2.24, 2.45) is 5.92 Å². The first-order chi connectivity index (χ1) is 6.14. The Labute approximate surface area is 82.8 Å². The lowest BCUT2D eigenvalue weighted by atomic mass is 10.1. The van der Waals surface area contributed by atoms with Crippen LogP contribution in [0.15, 0.2) is 0 Å². The van der Waals surface area contributed by atoms with Crippen LogP contribution in [0.2, 0.25) is 6.04 Å². The van der Waals surface area contributed by atoms with Crippen LogP contribution in [0.5, 0.6) is 0 Å². The number of rotatable bonds is 7. The molecule has 0 rings (SSSR count). The highest BCUT2D eigenvalue weighted by molar-refractivity contribution is 6.60. The van der Waals surface area contributed by atoms with Crippen LogP contribution in [0.25, 0.3) is 0 Å². The van der Waals surface area contributed by atoms with E-state index in [1.54, 1.807) is 14.2 Å². The highest BCUT2D eigenvalue weighted by atomic mass is 28.4. The molecule has 0 aliphatic rings. The maximum absolute atomic E-state index is 5.72. The van der Waals surface area contributed by atoms with E-state index < -0.39 is 8.80 Å². The molecule has 4 heteroatoms. The minimum Gasteiger partial charge on any atom is -0.377 e. The van der Waals surface area contributed by atoms with Gasteiger partial charge in [0.2, 0.25) is 0 Å².